The van der Waals surface area contributed by atoms with Gasteiger partial charge in [0.2, 0.25) is 0 Å². The predicted octanol–water partition coefficient (Wildman–Crippen LogP) is 4.52. The molecule has 0 aliphatic rings. The van der Waals surface area contributed by atoms with Gasteiger partial charge in [-0.05, 0) is 55.3 Å². The van der Waals surface area contributed by atoms with Gasteiger partial charge in [0.1, 0.15) is 5.82 Å². The molecule has 0 atom stereocenters. The molecule has 3 nitrogen and oxygen atoms in total. The fourth-order valence-electron chi connectivity index (χ4n) is 2.52. The van der Waals surface area contributed by atoms with E-state index < -0.39 is 0 Å². The molecule has 1 aromatic heterocycles. The minimum atomic E-state index is -0.305. The average Bonchev–Trinajstić information content (AvgIpc) is 2.96. The van der Waals surface area contributed by atoms with Crippen LogP contribution in [0.25, 0.3) is 11.8 Å². The first-order valence-corrected chi connectivity index (χ1v) is 7.65. The number of allylic oxidation sites excluding steroid dienone is 1. The molecule has 0 amide bonds. The molecule has 4 heteroatoms. The van der Waals surface area contributed by atoms with Gasteiger partial charge in [-0.25, -0.2) is 9.07 Å². The molecule has 24 heavy (non-hydrogen) atoms. The maximum absolute atomic E-state index is 13.0. The van der Waals surface area contributed by atoms with Crippen molar-refractivity contribution in [3.05, 3.63) is 89.0 Å². The van der Waals surface area contributed by atoms with Crippen LogP contribution < -0.4 is 0 Å². The van der Waals surface area contributed by atoms with Crippen molar-refractivity contribution in [1.29, 1.82) is 0 Å². The summed E-state index contributed by atoms with van der Waals surface area (Å²) in [5.74, 6) is -0.412. The van der Waals surface area contributed by atoms with Crippen molar-refractivity contribution in [3.63, 3.8) is 0 Å². The van der Waals surface area contributed by atoms with Crippen molar-refractivity contribution in [2.24, 2.45) is 0 Å². The molecule has 3 aromatic rings. The van der Waals surface area contributed by atoms with E-state index in [-0.39, 0.29) is 11.6 Å². The maximum Gasteiger partial charge on any atom is 0.189 e. The number of halogens is 1. The fourth-order valence-corrected chi connectivity index (χ4v) is 2.52. The monoisotopic (exact) mass is 320 g/mol. The normalized spacial score (nSPS) is 11.1. The lowest BCUT2D eigenvalue weighted by atomic mass is 10.1. The number of ketones is 1. The van der Waals surface area contributed by atoms with Gasteiger partial charge < -0.3 is 0 Å². The van der Waals surface area contributed by atoms with Gasteiger partial charge in [0, 0.05) is 0 Å². The van der Waals surface area contributed by atoms with Gasteiger partial charge in [0.25, 0.3) is 0 Å². The molecular weight excluding hydrogens is 303 g/mol. The molecule has 0 aliphatic carbocycles. The first-order chi connectivity index (χ1) is 11.6. The number of aromatic nitrogens is 2. The molecule has 0 aliphatic heterocycles. The van der Waals surface area contributed by atoms with Crippen molar-refractivity contribution in [3.8, 4) is 5.69 Å². The SMILES string of the molecule is Cc1ccccc1C=CC(=O)c1cnn(-c2ccc(F)cc2)c1C. The van der Waals surface area contributed by atoms with Crippen LogP contribution in [0.3, 0.4) is 0 Å². The standard InChI is InChI=1S/C20H17FN2O/c1-14-5-3-4-6-16(14)7-12-20(24)19-13-22-23(15(19)2)18-10-8-17(21)9-11-18/h3-13H,1-2H3. The number of aryl methyl sites for hydroxylation is 1. The number of nitrogens with zero attached hydrogens (tertiary/aromatic N) is 2. The Morgan fingerprint density at radius 2 is 1.79 bits per heavy atom. The van der Waals surface area contributed by atoms with E-state index in [2.05, 4.69) is 5.10 Å². The molecular formula is C20H17FN2O. The topological polar surface area (TPSA) is 34.9 Å². The number of benzene rings is 2. The highest BCUT2D eigenvalue weighted by Gasteiger charge is 2.13. The van der Waals surface area contributed by atoms with E-state index in [0.29, 0.717) is 5.56 Å². The molecule has 0 unspecified atom stereocenters. The fraction of sp³-hybridized carbons (Fsp3) is 0.100. The van der Waals surface area contributed by atoms with Crippen LogP contribution in [0.15, 0.2) is 60.8 Å². The van der Waals surface area contributed by atoms with Gasteiger partial charge in [-0.2, -0.15) is 5.10 Å². The smallest absolute Gasteiger partial charge is 0.189 e. The van der Waals surface area contributed by atoms with E-state index in [0.717, 1.165) is 22.5 Å². The third kappa shape index (κ3) is 3.18. The second-order valence-electron chi connectivity index (χ2n) is 5.59. The molecule has 0 saturated carbocycles. The van der Waals surface area contributed by atoms with Crippen LogP contribution >= 0.6 is 0 Å². The number of hydrogen-bond donors (Lipinski definition) is 0. The summed E-state index contributed by atoms with van der Waals surface area (Å²) in [5.41, 5.74) is 4.09. The molecule has 1 heterocycles. The molecule has 3 rings (SSSR count). The summed E-state index contributed by atoms with van der Waals surface area (Å²) in [6, 6.07) is 13.9. The molecule has 120 valence electrons. The average molecular weight is 320 g/mol. The Morgan fingerprint density at radius 3 is 2.50 bits per heavy atom. The van der Waals surface area contributed by atoms with Crippen LogP contribution in [0.1, 0.15) is 27.2 Å². The Labute approximate surface area is 140 Å². The molecule has 0 saturated heterocycles. The minimum Gasteiger partial charge on any atom is -0.289 e. The van der Waals surface area contributed by atoms with Gasteiger partial charge in [0.15, 0.2) is 5.78 Å². The second-order valence-corrected chi connectivity index (χ2v) is 5.59. The Hall–Kier alpha value is -3.01. The summed E-state index contributed by atoms with van der Waals surface area (Å²) in [6.45, 7) is 3.83. The highest BCUT2D eigenvalue weighted by atomic mass is 19.1. The lowest BCUT2D eigenvalue weighted by Gasteiger charge is -2.04. The first kappa shape index (κ1) is 15.9. The molecule has 0 radical (unpaired) electrons. The Bertz CT molecular complexity index is 908. The largest absolute Gasteiger partial charge is 0.289 e. The van der Waals surface area contributed by atoms with Gasteiger partial charge in [-0.1, -0.05) is 30.3 Å². The zero-order valence-corrected chi connectivity index (χ0v) is 13.5. The lowest BCUT2D eigenvalue weighted by Crippen LogP contribution is -2.01. The number of rotatable bonds is 4. The predicted molar refractivity (Wildman–Crippen MR) is 92.8 cm³/mol. The summed E-state index contributed by atoms with van der Waals surface area (Å²) >= 11 is 0. The highest BCUT2D eigenvalue weighted by Crippen LogP contribution is 2.16. The van der Waals surface area contributed by atoms with Gasteiger partial charge in [-0.3, -0.25) is 4.79 Å². The van der Waals surface area contributed by atoms with E-state index >= 15 is 0 Å². The van der Waals surface area contributed by atoms with E-state index in [1.54, 1.807) is 29.1 Å². The van der Waals surface area contributed by atoms with Gasteiger partial charge in [0.05, 0.1) is 23.1 Å². The zero-order chi connectivity index (χ0) is 17.1. The lowest BCUT2D eigenvalue weighted by molar-refractivity contribution is 0.104. The first-order valence-electron chi connectivity index (χ1n) is 7.65. The second kappa shape index (κ2) is 6.62. The number of carbonyl (C=O) groups is 1. The zero-order valence-electron chi connectivity index (χ0n) is 13.5. The van der Waals surface area contributed by atoms with Crippen LogP contribution in [-0.2, 0) is 0 Å². The summed E-state index contributed by atoms with van der Waals surface area (Å²) < 4.78 is 14.7. The van der Waals surface area contributed by atoms with Crippen molar-refractivity contribution < 1.29 is 9.18 Å². The molecule has 0 N–H and O–H groups in total. The Morgan fingerprint density at radius 1 is 1.08 bits per heavy atom. The summed E-state index contributed by atoms with van der Waals surface area (Å²) in [6.07, 6.45) is 4.91. The van der Waals surface area contributed by atoms with Crippen molar-refractivity contribution in [1.82, 2.24) is 9.78 Å². The summed E-state index contributed by atoms with van der Waals surface area (Å²) in [4.78, 5) is 12.4. The van der Waals surface area contributed by atoms with Gasteiger partial charge in [-0.15, -0.1) is 0 Å². The quantitative estimate of drug-likeness (QED) is 0.523. The minimum absolute atomic E-state index is 0.107. The Balaban J connectivity index is 1.86. The Kier molecular flexibility index (Phi) is 4.38. The van der Waals surface area contributed by atoms with E-state index in [1.165, 1.54) is 12.1 Å². The van der Waals surface area contributed by atoms with Crippen LogP contribution in [0, 0.1) is 19.7 Å². The third-order valence-electron chi connectivity index (χ3n) is 3.95. The number of carbonyl (C=O) groups excluding carboxylic acids is 1. The van der Waals surface area contributed by atoms with Crippen molar-refractivity contribution in [2.45, 2.75) is 13.8 Å². The van der Waals surface area contributed by atoms with Crippen LogP contribution in [-0.4, -0.2) is 15.6 Å². The van der Waals surface area contributed by atoms with Crippen LogP contribution in [0.5, 0.6) is 0 Å². The molecule has 0 spiro atoms. The van der Waals surface area contributed by atoms with Gasteiger partial charge >= 0.3 is 0 Å². The van der Waals surface area contributed by atoms with Crippen molar-refractivity contribution >= 4 is 11.9 Å². The van der Waals surface area contributed by atoms with E-state index in [1.807, 2.05) is 44.2 Å². The molecule has 0 fully saturated rings. The molecule has 2 aromatic carbocycles. The molecule has 0 bridgehead atoms. The van der Waals surface area contributed by atoms with Crippen LogP contribution in [0.2, 0.25) is 0 Å². The highest BCUT2D eigenvalue weighted by molar-refractivity contribution is 6.07. The summed E-state index contributed by atoms with van der Waals surface area (Å²) in [5, 5.41) is 4.25. The van der Waals surface area contributed by atoms with Crippen molar-refractivity contribution in [2.75, 3.05) is 0 Å². The summed E-state index contributed by atoms with van der Waals surface area (Å²) in [7, 11) is 0. The van der Waals surface area contributed by atoms with E-state index in [9.17, 15) is 9.18 Å². The van der Waals surface area contributed by atoms with Crippen LogP contribution in [0.4, 0.5) is 4.39 Å². The maximum atomic E-state index is 13.0. The van der Waals surface area contributed by atoms with E-state index in [4.69, 9.17) is 0 Å². The number of hydrogen-bond acceptors (Lipinski definition) is 2. The third-order valence-corrected chi connectivity index (χ3v) is 3.95.